The van der Waals surface area contributed by atoms with E-state index in [-0.39, 0.29) is 24.1 Å². The second-order valence-corrected chi connectivity index (χ2v) is 9.39. The zero-order valence-corrected chi connectivity index (χ0v) is 20.0. The van der Waals surface area contributed by atoms with Crippen LogP contribution >= 0.6 is 0 Å². The van der Waals surface area contributed by atoms with E-state index < -0.39 is 0 Å². The Morgan fingerprint density at radius 3 is 2.44 bits per heavy atom. The van der Waals surface area contributed by atoms with E-state index in [0.717, 1.165) is 11.1 Å². The van der Waals surface area contributed by atoms with E-state index in [1.807, 2.05) is 47.4 Å². The summed E-state index contributed by atoms with van der Waals surface area (Å²) in [6.45, 7) is 1.18. The van der Waals surface area contributed by atoms with Crippen LogP contribution in [0.1, 0.15) is 34.6 Å². The minimum atomic E-state index is -0.307. The zero-order chi connectivity index (χ0) is 24.6. The van der Waals surface area contributed by atoms with Crippen LogP contribution in [0, 0.1) is 11.3 Å². The first kappa shape index (κ1) is 22.4. The van der Waals surface area contributed by atoms with Crippen molar-refractivity contribution in [2.24, 2.45) is 0 Å². The predicted octanol–water partition coefficient (Wildman–Crippen LogP) is 5.37. The fourth-order valence-corrected chi connectivity index (χ4v) is 5.76. The molecule has 2 heterocycles. The quantitative estimate of drug-likeness (QED) is 0.504. The van der Waals surface area contributed by atoms with Crippen LogP contribution in [-0.2, 0) is 9.47 Å². The van der Waals surface area contributed by atoms with Crippen molar-refractivity contribution in [3.63, 3.8) is 0 Å². The van der Waals surface area contributed by atoms with Crippen molar-refractivity contribution in [1.29, 1.82) is 5.26 Å². The van der Waals surface area contributed by atoms with Crippen LogP contribution in [0.5, 0.6) is 5.75 Å². The Hall–Kier alpha value is -4.08. The molecular formula is C30H26N2O4. The molecule has 6 heteroatoms. The van der Waals surface area contributed by atoms with Crippen molar-refractivity contribution in [3.8, 4) is 22.9 Å². The van der Waals surface area contributed by atoms with E-state index in [0.29, 0.717) is 37.6 Å². The van der Waals surface area contributed by atoms with E-state index in [1.54, 1.807) is 7.11 Å². The Balaban J connectivity index is 1.22. The normalized spacial score (nSPS) is 20.1. The van der Waals surface area contributed by atoms with Crippen molar-refractivity contribution in [3.05, 3.63) is 95.1 Å². The lowest BCUT2D eigenvalue weighted by molar-refractivity contribution is -0.0331. The van der Waals surface area contributed by atoms with Crippen molar-refractivity contribution in [2.75, 3.05) is 26.9 Å². The molecule has 0 N–H and O–H groups in total. The number of benzene rings is 3. The molecule has 0 aromatic heterocycles. The van der Waals surface area contributed by atoms with Gasteiger partial charge in [0.2, 0.25) is 0 Å². The number of morpholine rings is 1. The topological polar surface area (TPSA) is 71.8 Å². The molecule has 2 bridgehead atoms. The molecule has 6 nitrogen and oxygen atoms in total. The van der Waals surface area contributed by atoms with Gasteiger partial charge in [0, 0.05) is 5.92 Å². The largest absolute Gasteiger partial charge is 0.495 e. The summed E-state index contributed by atoms with van der Waals surface area (Å²) in [6.07, 6.45) is 2.40. The van der Waals surface area contributed by atoms with E-state index >= 15 is 0 Å². The van der Waals surface area contributed by atoms with Crippen molar-refractivity contribution in [1.82, 2.24) is 4.90 Å². The first-order valence-corrected chi connectivity index (χ1v) is 12.2. The van der Waals surface area contributed by atoms with E-state index in [9.17, 15) is 10.1 Å². The van der Waals surface area contributed by atoms with Gasteiger partial charge in [-0.05, 0) is 51.9 Å². The number of amides is 1. The lowest BCUT2D eigenvalue weighted by Gasteiger charge is -2.44. The number of hydrogen-bond acceptors (Lipinski definition) is 5. The van der Waals surface area contributed by atoms with Gasteiger partial charge in [-0.25, -0.2) is 4.79 Å². The van der Waals surface area contributed by atoms with Crippen LogP contribution in [-0.4, -0.2) is 50.0 Å². The monoisotopic (exact) mass is 478 g/mol. The first-order chi connectivity index (χ1) is 17.7. The van der Waals surface area contributed by atoms with Gasteiger partial charge in [-0.3, -0.25) is 4.90 Å². The average molecular weight is 479 g/mol. The molecule has 2 unspecified atom stereocenters. The highest BCUT2D eigenvalue weighted by molar-refractivity contribution is 5.79. The minimum Gasteiger partial charge on any atom is -0.495 e. The van der Waals surface area contributed by atoms with Crippen LogP contribution in [0.3, 0.4) is 0 Å². The fraction of sp³-hybridized carbons (Fsp3) is 0.267. The lowest BCUT2D eigenvalue weighted by Crippen LogP contribution is -2.56. The summed E-state index contributed by atoms with van der Waals surface area (Å²) in [5, 5.41) is 9.48. The molecule has 1 saturated heterocycles. The summed E-state index contributed by atoms with van der Waals surface area (Å²) in [7, 11) is 1.56. The maximum absolute atomic E-state index is 13.4. The summed E-state index contributed by atoms with van der Waals surface area (Å²) < 4.78 is 17.0. The number of carbonyl (C=O) groups is 1. The van der Waals surface area contributed by atoms with Crippen LogP contribution in [0.4, 0.5) is 4.79 Å². The third-order valence-electron chi connectivity index (χ3n) is 7.44. The third-order valence-corrected chi connectivity index (χ3v) is 7.44. The predicted molar refractivity (Wildman–Crippen MR) is 136 cm³/mol. The van der Waals surface area contributed by atoms with Gasteiger partial charge in [0.05, 0.1) is 38.0 Å². The molecule has 1 fully saturated rings. The van der Waals surface area contributed by atoms with Crippen LogP contribution in [0.2, 0.25) is 0 Å². The number of hydrogen-bond donors (Lipinski definition) is 0. The van der Waals surface area contributed by atoms with Gasteiger partial charge in [0.25, 0.3) is 0 Å². The molecule has 0 spiro atoms. The molecule has 3 aromatic rings. The second-order valence-electron chi connectivity index (χ2n) is 9.39. The standard InChI is InChI=1S/C30H26N2O4/c1-34-29-11-10-19(12-21(29)15-31)20-13-22-16-35-17-23(14-20)32(22)30(33)36-18-28-26-8-4-2-6-24(26)25-7-3-5-9-27(25)28/h2-13,22-23,28H,14,16-18H2,1H3. The van der Waals surface area contributed by atoms with Crippen molar-refractivity contribution < 1.29 is 19.0 Å². The van der Waals surface area contributed by atoms with E-state index in [2.05, 4.69) is 36.4 Å². The summed E-state index contributed by atoms with van der Waals surface area (Å²) in [5.74, 6) is 0.582. The summed E-state index contributed by atoms with van der Waals surface area (Å²) in [4.78, 5) is 15.2. The summed E-state index contributed by atoms with van der Waals surface area (Å²) in [5.41, 5.74) is 7.39. The number of nitrogens with zero attached hydrogens (tertiary/aromatic N) is 2. The van der Waals surface area contributed by atoms with E-state index in [1.165, 1.54) is 22.3 Å². The van der Waals surface area contributed by atoms with Gasteiger partial charge < -0.3 is 14.2 Å². The molecule has 180 valence electrons. The summed E-state index contributed by atoms with van der Waals surface area (Å²) in [6, 6.07) is 24.2. The second kappa shape index (κ2) is 9.18. The maximum atomic E-state index is 13.4. The molecule has 6 rings (SSSR count). The number of carbonyl (C=O) groups excluding carboxylic acids is 1. The number of ether oxygens (including phenoxy) is 3. The molecule has 2 aliphatic heterocycles. The van der Waals surface area contributed by atoms with Gasteiger partial charge in [-0.1, -0.05) is 60.7 Å². The summed E-state index contributed by atoms with van der Waals surface area (Å²) >= 11 is 0. The Bertz CT molecular complexity index is 1360. The van der Waals surface area contributed by atoms with Crippen molar-refractivity contribution >= 4 is 11.7 Å². The molecule has 2 atom stereocenters. The molecule has 0 radical (unpaired) electrons. The molecule has 0 saturated carbocycles. The molecule has 1 amide bonds. The highest BCUT2D eigenvalue weighted by Crippen LogP contribution is 2.44. The highest BCUT2D eigenvalue weighted by Gasteiger charge is 2.40. The zero-order valence-electron chi connectivity index (χ0n) is 20.0. The number of methoxy groups -OCH3 is 1. The van der Waals surface area contributed by atoms with Gasteiger partial charge in [-0.2, -0.15) is 5.26 Å². The fourth-order valence-electron chi connectivity index (χ4n) is 5.76. The highest BCUT2D eigenvalue weighted by atomic mass is 16.6. The van der Waals surface area contributed by atoms with Crippen molar-refractivity contribution in [2.45, 2.75) is 24.4 Å². The maximum Gasteiger partial charge on any atom is 0.410 e. The Morgan fingerprint density at radius 2 is 1.78 bits per heavy atom. The Labute approximate surface area is 210 Å². The van der Waals surface area contributed by atoms with Gasteiger partial charge in [-0.15, -0.1) is 0 Å². The number of rotatable bonds is 4. The number of fused-ring (bicyclic) bond motifs is 5. The molecule has 3 aromatic carbocycles. The van der Waals surface area contributed by atoms with E-state index in [4.69, 9.17) is 14.2 Å². The molecular weight excluding hydrogens is 452 g/mol. The Morgan fingerprint density at radius 1 is 1.06 bits per heavy atom. The number of nitriles is 1. The van der Waals surface area contributed by atoms with Crippen LogP contribution < -0.4 is 4.74 Å². The first-order valence-electron chi connectivity index (χ1n) is 12.2. The van der Waals surface area contributed by atoms with Gasteiger partial charge >= 0.3 is 6.09 Å². The average Bonchev–Trinajstić information content (AvgIpc) is 3.24. The molecule has 36 heavy (non-hydrogen) atoms. The molecule has 1 aliphatic carbocycles. The molecule has 3 aliphatic rings. The Kier molecular flexibility index (Phi) is 5.71. The van der Waals surface area contributed by atoms with Gasteiger partial charge in [0.15, 0.2) is 0 Å². The lowest BCUT2D eigenvalue weighted by atomic mass is 9.89. The van der Waals surface area contributed by atoms with Crippen LogP contribution in [0.15, 0.2) is 72.8 Å². The minimum absolute atomic E-state index is 0.0250. The van der Waals surface area contributed by atoms with Gasteiger partial charge in [0.1, 0.15) is 18.4 Å². The SMILES string of the molecule is COc1ccc(C2=CC3COCC(C2)N3C(=O)OCC2c3ccccc3-c3ccccc32)cc1C#N. The van der Waals surface area contributed by atoms with Crippen LogP contribution in [0.25, 0.3) is 16.7 Å². The third kappa shape index (κ3) is 3.73. The smallest absolute Gasteiger partial charge is 0.410 e.